The molecule has 11 unspecified atom stereocenters. The molecule has 92 heavy (non-hydrogen) atoms. The Balaban J connectivity index is 0.000000269. The van der Waals surface area contributed by atoms with Crippen molar-refractivity contribution in [2.24, 2.45) is 0 Å². The molecule has 1 saturated carbocycles. The molecule has 0 spiro atoms. The first-order valence-electron chi connectivity index (χ1n) is 34.2. The number of likely N-dealkylation sites (N-methyl/N-ethyl adjacent to an activating group) is 1. The number of sulfonamides is 1. The molecule has 4 saturated heterocycles. The smallest absolute Gasteiger partial charge is 0.248 e. The molecule has 7 heterocycles. The first kappa shape index (κ1) is 70.0. The zero-order chi connectivity index (χ0) is 65.2. The van der Waals surface area contributed by atoms with Crippen LogP contribution >= 0.6 is 0 Å². The topological polar surface area (TPSA) is 278 Å². The minimum atomic E-state index is -3.85. The molecule has 13 atom stereocenters. The Kier molecular flexibility index (Phi) is 24.5. The summed E-state index contributed by atoms with van der Waals surface area (Å²) in [6.07, 6.45) is 12.9. The first-order chi connectivity index (χ1) is 44.4. The molecule has 3 amide bonds. The number of ether oxygens (including phenoxy) is 7. The normalized spacial score (nSPS) is 28.8. The number of piperidine rings is 2. The summed E-state index contributed by atoms with van der Waals surface area (Å²) < 4.78 is 71.6. The van der Waals surface area contributed by atoms with Gasteiger partial charge in [-0.25, -0.2) is 13.1 Å². The Morgan fingerprint density at radius 2 is 1.37 bits per heavy atom. The molecule has 5 fully saturated rings. The Bertz CT molecular complexity index is 3090. The van der Waals surface area contributed by atoms with Crippen LogP contribution in [-0.4, -0.2) is 218 Å². The number of amides is 3. The average Bonchev–Trinajstić information content (AvgIpc) is 0.710. The van der Waals surface area contributed by atoms with Gasteiger partial charge in [-0.1, -0.05) is 63.1 Å². The van der Waals surface area contributed by atoms with Gasteiger partial charge in [0.25, 0.3) is 0 Å². The maximum atomic E-state index is 14.4. The fourth-order valence-corrected chi connectivity index (χ4v) is 16.7. The van der Waals surface area contributed by atoms with Gasteiger partial charge in [-0.15, -0.1) is 0 Å². The van der Waals surface area contributed by atoms with Gasteiger partial charge in [-0.2, -0.15) is 0 Å². The number of quaternary nitrogens is 1. The van der Waals surface area contributed by atoms with Gasteiger partial charge in [-0.3, -0.25) is 14.4 Å². The van der Waals surface area contributed by atoms with E-state index in [9.17, 15) is 43.2 Å². The largest absolute Gasteiger partial charge is 0.455 e. The lowest BCUT2D eigenvalue weighted by atomic mass is 9.75. The quantitative estimate of drug-likeness (QED) is 0.0658. The number of hydrogen-bond acceptors (Lipinski definition) is 17. The number of nitrogens with zero attached hydrogens (tertiary/aromatic N) is 2. The number of benzene rings is 2. The number of hydrogen-bond donors (Lipinski definition) is 8. The summed E-state index contributed by atoms with van der Waals surface area (Å²) >= 11 is 0. The van der Waals surface area contributed by atoms with Gasteiger partial charge in [0, 0.05) is 105 Å². The van der Waals surface area contributed by atoms with E-state index < -0.39 is 77.1 Å². The molecule has 7 aliphatic heterocycles. The van der Waals surface area contributed by atoms with E-state index in [0.29, 0.717) is 24.0 Å². The maximum absolute atomic E-state index is 14.4. The van der Waals surface area contributed by atoms with Crippen molar-refractivity contribution in [1.29, 1.82) is 0 Å². The number of fused-ring (bicyclic) bond motifs is 3. The summed E-state index contributed by atoms with van der Waals surface area (Å²) in [5.41, 5.74) is 10.7. The minimum Gasteiger partial charge on any atom is -0.455 e. The third-order valence-corrected chi connectivity index (χ3v) is 21.9. The number of aliphatic hydroxyl groups is 4. The maximum Gasteiger partial charge on any atom is 0.248 e. The SMILES string of the molecule is COCC1O[C@H](C)C(OCC(=O)N(C)C(C)C(=O)NC2CCCCC2)C(O)C1O.COCC1O[C@H](C)C(OCC(=O)NCCCCCCCCNS(=O)(=O)c2ccccc2C2=C3C=C4CCC[NH+]5CCCC(=C3Oc3c2cc2c6c3CCCN6CCC2)C45)C(O)C1O. The van der Waals surface area contributed by atoms with Crippen molar-refractivity contribution in [2.45, 2.75) is 227 Å². The van der Waals surface area contributed by atoms with E-state index in [1.165, 1.54) is 73.0 Å². The molecular weight excluding hydrogens is 1200 g/mol. The fourth-order valence-electron chi connectivity index (χ4n) is 15.4. The van der Waals surface area contributed by atoms with Crippen molar-refractivity contribution in [3.8, 4) is 5.75 Å². The van der Waals surface area contributed by atoms with Crippen molar-refractivity contribution in [3.05, 3.63) is 81.1 Å². The average molecular weight is 1300 g/mol. The number of nitrogens with one attached hydrogen (secondary N) is 4. The molecule has 8 N–H and O–H groups in total. The predicted molar refractivity (Wildman–Crippen MR) is 346 cm³/mol. The van der Waals surface area contributed by atoms with E-state index >= 15 is 0 Å². The third-order valence-electron chi connectivity index (χ3n) is 20.4. The molecule has 2 aliphatic carbocycles. The fraction of sp³-hybridized carbons (Fsp3) is 0.696. The van der Waals surface area contributed by atoms with Crippen LogP contribution in [0.3, 0.4) is 0 Å². The van der Waals surface area contributed by atoms with Crippen LogP contribution < -0.4 is 29.9 Å². The zero-order valence-electron chi connectivity index (χ0n) is 55.0. The molecule has 0 aromatic heterocycles. The standard InChI is InChI=1S/C49H66N4O9S.C20H36N2O7/c1-31-47(46(56)45(55)39(61-31)29-59-2)60-30-41(54)50-21-9-5-3-4-6-10-22-51-63(57,58)40-20-8-7-17-34(40)42-37-27-32-15-11-23-52-25-13-18-35(43(32)52)48(37)62-49-36-19-14-26-53-24-12-16-33(44(36)53)28-38(42)49;1-12(20(26)21-14-8-6-5-7-9-14)22(3)16(23)11-28-19-13(2)29-15(10-27-4)17(24)18(19)25/h7-8,17,20,27-28,31,39,43,45-47,51,55-56H,3-6,9-16,18-19,21-26,29-30H2,1-2H3,(H,50,54);12-15,17-19,24-25H,5-11H2,1-4H3,(H,21,26)/p+1/t31-,39?,43?,45?,46?,47?;12?,13-,15?,17?,18?,19?/m11/s1. The van der Waals surface area contributed by atoms with Gasteiger partial charge >= 0.3 is 0 Å². The summed E-state index contributed by atoms with van der Waals surface area (Å²) in [4.78, 5) is 43.2. The van der Waals surface area contributed by atoms with Crippen LogP contribution in [-0.2, 0) is 65.7 Å². The van der Waals surface area contributed by atoms with Crippen LogP contribution in [0.5, 0.6) is 5.75 Å². The second kappa shape index (κ2) is 32.3. The highest BCUT2D eigenvalue weighted by Gasteiger charge is 2.47. The number of rotatable bonds is 25. The number of aliphatic hydroxyl groups excluding tert-OH is 4. The Morgan fingerprint density at radius 1 is 0.750 bits per heavy atom. The number of anilines is 1. The summed E-state index contributed by atoms with van der Waals surface area (Å²) in [6, 6.07) is 9.84. The highest BCUT2D eigenvalue weighted by atomic mass is 32.2. The molecule has 0 bridgehead atoms. The van der Waals surface area contributed by atoms with Crippen LogP contribution in [0, 0.1) is 0 Å². The van der Waals surface area contributed by atoms with Crippen molar-refractivity contribution in [3.63, 3.8) is 0 Å². The summed E-state index contributed by atoms with van der Waals surface area (Å²) in [5, 5.41) is 47.2. The van der Waals surface area contributed by atoms with E-state index in [2.05, 4.69) is 32.4 Å². The van der Waals surface area contributed by atoms with Crippen molar-refractivity contribution in [1.82, 2.24) is 20.3 Å². The van der Waals surface area contributed by atoms with Gasteiger partial charge in [0.1, 0.15) is 85.6 Å². The number of methoxy groups -OCH3 is 2. The Labute approximate surface area is 543 Å². The van der Waals surface area contributed by atoms with Crippen molar-refractivity contribution in [2.75, 3.05) is 91.9 Å². The third kappa shape index (κ3) is 16.0. The number of allylic oxidation sites excluding steroid dienone is 1. The monoisotopic (exact) mass is 1300 g/mol. The lowest BCUT2D eigenvalue weighted by Gasteiger charge is -2.44. The lowest BCUT2D eigenvalue weighted by molar-refractivity contribution is -0.922. The highest BCUT2D eigenvalue weighted by Crippen LogP contribution is 2.53. The molecule has 0 radical (unpaired) electrons. The molecule has 22 nitrogen and oxygen atoms in total. The van der Waals surface area contributed by atoms with Crippen LogP contribution in [0.4, 0.5) is 5.69 Å². The number of aryl methyl sites for hydroxylation is 1. The molecule has 23 heteroatoms. The van der Waals surface area contributed by atoms with E-state index in [1.807, 2.05) is 18.2 Å². The van der Waals surface area contributed by atoms with Gasteiger partial charge < -0.3 is 78.9 Å². The Morgan fingerprint density at radius 3 is 2.04 bits per heavy atom. The molecule has 9 aliphatic rings. The number of carbonyl (C=O) groups is 3. The highest BCUT2D eigenvalue weighted by molar-refractivity contribution is 7.89. The molecule has 2 aromatic carbocycles. The number of unbranched alkanes of at least 4 members (excludes halogenated alkanes) is 5. The van der Waals surface area contributed by atoms with Crippen LogP contribution in [0.15, 0.2) is 63.8 Å². The van der Waals surface area contributed by atoms with Crippen molar-refractivity contribution < 1.29 is 81.3 Å². The predicted octanol–water partition coefficient (Wildman–Crippen LogP) is 3.71. The summed E-state index contributed by atoms with van der Waals surface area (Å²) in [5.74, 6) is 1.06. The van der Waals surface area contributed by atoms with E-state index in [0.717, 1.165) is 156 Å². The molecule has 2 aromatic rings. The molecule has 11 rings (SSSR count). The second-order valence-electron chi connectivity index (χ2n) is 26.8. The summed E-state index contributed by atoms with van der Waals surface area (Å²) in [6.45, 7) is 10.2. The van der Waals surface area contributed by atoms with Crippen LogP contribution in [0.1, 0.15) is 152 Å². The van der Waals surface area contributed by atoms with Crippen molar-refractivity contribution >= 4 is 39.0 Å². The number of carbonyl (C=O) groups excluding carboxylic acids is 3. The van der Waals surface area contributed by atoms with Gasteiger partial charge in [-0.05, 0) is 114 Å². The van der Waals surface area contributed by atoms with Crippen LogP contribution in [0.25, 0.3) is 5.57 Å². The van der Waals surface area contributed by atoms with E-state index in [-0.39, 0.29) is 50.2 Å². The second-order valence-corrected chi connectivity index (χ2v) is 28.5. The van der Waals surface area contributed by atoms with Crippen LogP contribution in [0.2, 0.25) is 0 Å². The summed E-state index contributed by atoms with van der Waals surface area (Å²) in [7, 11) is 0.680. The lowest BCUT2D eigenvalue weighted by Crippen LogP contribution is -3.18. The van der Waals surface area contributed by atoms with E-state index in [4.69, 9.17) is 33.2 Å². The first-order valence-corrected chi connectivity index (χ1v) is 35.7. The van der Waals surface area contributed by atoms with Gasteiger partial charge in [0.2, 0.25) is 27.7 Å². The van der Waals surface area contributed by atoms with Gasteiger partial charge in [0.05, 0.1) is 43.4 Å². The van der Waals surface area contributed by atoms with E-state index in [1.54, 1.807) is 38.8 Å². The molecular formula is C69H103N6O16S+. The van der Waals surface area contributed by atoms with Gasteiger partial charge in [0.15, 0.2) is 0 Å². The minimum absolute atomic E-state index is 0.143. The zero-order valence-corrected chi connectivity index (χ0v) is 55.8. The Hall–Kier alpha value is -4.86. The molecule has 510 valence electrons.